The zero-order valence-electron chi connectivity index (χ0n) is 19.0. The molecule has 12 nitrogen and oxygen atoms in total. The van der Waals surface area contributed by atoms with Crippen LogP contribution in [0.3, 0.4) is 0 Å². The number of carboxylic acid groups (broad SMARTS) is 6. The van der Waals surface area contributed by atoms with Crippen LogP contribution in [0.25, 0.3) is 22.3 Å². The number of carboxylic acids is 6. The third-order valence-electron chi connectivity index (χ3n) is 5.23. The number of hydrogen-bond donors (Lipinski definition) is 6. The van der Waals surface area contributed by atoms with Gasteiger partial charge in [0.05, 0.1) is 33.4 Å². The molecule has 0 aliphatic heterocycles. The first-order valence-corrected chi connectivity index (χ1v) is 9.72. The fourth-order valence-electron chi connectivity index (χ4n) is 3.86. The third-order valence-corrected chi connectivity index (χ3v) is 5.23. The Bertz CT molecular complexity index is 1520. The van der Waals surface area contributed by atoms with Crippen molar-refractivity contribution in [2.75, 3.05) is 0 Å². The van der Waals surface area contributed by atoms with Crippen LogP contribution in [-0.4, -0.2) is 66.5 Å². The summed E-state index contributed by atoms with van der Waals surface area (Å²) in [5.74, 6) is -10.4. The van der Waals surface area contributed by atoms with Crippen molar-refractivity contribution in [2.24, 2.45) is 0 Å². The Morgan fingerprint density at radius 3 is 1.10 bits per heavy atom. The second-order valence-corrected chi connectivity index (χ2v) is 7.20. The second-order valence-electron chi connectivity index (χ2n) is 7.20. The van der Waals surface area contributed by atoms with Gasteiger partial charge in [-0.05, 0) is 34.9 Å². The molecule has 0 saturated heterocycles. The molecule has 0 unspecified atom stereocenters. The largest absolute Gasteiger partial charge is 0.478 e. The molecule has 0 aliphatic carbocycles. The summed E-state index contributed by atoms with van der Waals surface area (Å²) in [7, 11) is 0. The van der Waals surface area contributed by atoms with Crippen molar-refractivity contribution >= 4 is 35.8 Å². The Hall–Kier alpha value is -3.44. The number of rotatable bonds is 8. The quantitative estimate of drug-likeness (QED) is 0.183. The minimum atomic E-state index is -1.84. The van der Waals surface area contributed by atoms with Gasteiger partial charge in [-0.25, -0.2) is 28.8 Å². The van der Waals surface area contributed by atoms with Crippen molar-refractivity contribution in [1.82, 2.24) is 0 Å². The van der Waals surface area contributed by atoms with Gasteiger partial charge in [0.2, 0.25) is 0 Å². The van der Waals surface area contributed by atoms with E-state index in [-0.39, 0.29) is 79.4 Å². The minimum Gasteiger partial charge on any atom is -0.478 e. The normalized spacial score (nSPS) is 9.40. The fourth-order valence-corrected chi connectivity index (χ4v) is 3.86. The van der Waals surface area contributed by atoms with E-state index in [9.17, 15) is 59.4 Å². The molecule has 3 rings (SSSR count). The Balaban J connectivity index is 0. The molecule has 6 N–H and O–H groups in total. The SMILES string of the molecule is O=C(O)c1cccc(-c2ccc(C(=O)O)c(C(=O)O)c2-c2cccc(C(=O)O)c2C(=O)O)c1C(=O)O.[Cu].[Cu].[Cu].[Cu]. The summed E-state index contributed by atoms with van der Waals surface area (Å²) in [6.07, 6.45) is 0. The minimum absolute atomic E-state index is 0. The van der Waals surface area contributed by atoms with Gasteiger partial charge in [0.25, 0.3) is 0 Å². The van der Waals surface area contributed by atoms with Crippen molar-refractivity contribution in [3.63, 3.8) is 0 Å². The zero-order chi connectivity index (χ0) is 26.9. The van der Waals surface area contributed by atoms with Gasteiger partial charge in [0.15, 0.2) is 0 Å². The molecule has 3 aromatic rings. The van der Waals surface area contributed by atoms with E-state index in [1.54, 1.807) is 0 Å². The van der Waals surface area contributed by atoms with Crippen molar-refractivity contribution in [3.8, 4) is 22.3 Å². The van der Waals surface area contributed by atoms with E-state index in [4.69, 9.17) is 0 Å². The van der Waals surface area contributed by atoms with Crippen LogP contribution in [0.15, 0.2) is 48.5 Å². The third kappa shape index (κ3) is 7.19. The molecule has 16 heteroatoms. The van der Waals surface area contributed by atoms with Crippen molar-refractivity contribution in [1.29, 1.82) is 0 Å². The van der Waals surface area contributed by atoms with Crippen LogP contribution in [0.1, 0.15) is 62.1 Å². The first-order valence-electron chi connectivity index (χ1n) is 9.72. The standard InChI is InChI=1S/C24H14O12.4Cu/c25-19(26)12-5-1-3-9(16(12)22(31)32)10-7-8-14(21(29)30)18(24(35)36)15(10)11-4-2-6-13(20(27)28)17(11)23(33)34;;;;/h1-8H,(H,25,26)(H,27,28)(H,29,30)(H,31,32)(H,33,34)(H,35,36);;;;. The van der Waals surface area contributed by atoms with Crippen molar-refractivity contribution in [2.45, 2.75) is 0 Å². The summed E-state index contributed by atoms with van der Waals surface area (Å²) in [4.78, 5) is 71.6. The van der Waals surface area contributed by atoms with Gasteiger partial charge < -0.3 is 30.6 Å². The molecule has 40 heavy (non-hydrogen) atoms. The molecule has 0 atom stereocenters. The van der Waals surface area contributed by atoms with E-state index >= 15 is 0 Å². The average molecular weight is 749 g/mol. The number of aromatic carboxylic acids is 6. The van der Waals surface area contributed by atoms with Gasteiger partial charge in [-0.1, -0.05) is 30.3 Å². The number of hydrogen-bond acceptors (Lipinski definition) is 6. The van der Waals surface area contributed by atoms with Crippen LogP contribution >= 0.6 is 0 Å². The van der Waals surface area contributed by atoms with Gasteiger partial charge in [-0.3, -0.25) is 0 Å². The van der Waals surface area contributed by atoms with E-state index in [0.717, 1.165) is 48.5 Å². The van der Waals surface area contributed by atoms with Crippen molar-refractivity contribution in [3.05, 3.63) is 81.9 Å². The first-order chi connectivity index (χ1) is 16.9. The van der Waals surface area contributed by atoms with Gasteiger partial charge in [0, 0.05) is 73.8 Å². The van der Waals surface area contributed by atoms with E-state index in [1.165, 1.54) is 0 Å². The van der Waals surface area contributed by atoms with Gasteiger partial charge in [0.1, 0.15) is 0 Å². The molecule has 0 amide bonds. The van der Waals surface area contributed by atoms with E-state index in [1.807, 2.05) is 0 Å². The summed E-state index contributed by atoms with van der Waals surface area (Å²) < 4.78 is 0. The fraction of sp³-hybridized carbons (Fsp3) is 0. The smallest absolute Gasteiger partial charge is 0.337 e. The molecular weight excluding hydrogens is 734 g/mol. The summed E-state index contributed by atoms with van der Waals surface area (Å²) in [5, 5.41) is 58.0. The molecule has 0 aliphatic rings. The molecule has 0 aromatic heterocycles. The molecule has 3 aromatic carbocycles. The molecule has 0 bridgehead atoms. The van der Waals surface area contributed by atoms with Crippen LogP contribution in [0.4, 0.5) is 0 Å². The van der Waals surface area contributed by atoms with E-state index < -0.39 is 80.3 Å². The van der Waals surface area contributed by atoms with Crippen LogP contribution in [-0.2, 0) is 68.3 Å². The van der Waals surface area contributed by atoms with Crippen LogP contribution in [0, 0.1) is 0 Å². The van der Waals surface area contributed by atoms with E-state index in [2.05, 4.69) is 0 Å². The van der Waals surface area contributed by atoms with Crippen LogP contribution in [0.5, 0.6) is 0 Å². The van der Waals surface area contributed by atoms with Gasteiger partial charge >= 0.3 is 35.8 Å². The molecule has 0 spiro atoms. The number of benzene rings is 3. The molecule has 4 radical (unpaired) electrons. The predicted octanol–water partition coefficient (Wildman–Crippen LogP) is 3.20. The van der Waals surface area contributed by atoms with Gasteiger partial charge in [-0.15, -0.1) is 0 Å². The van der Waals surface area contributed by atoms with Gasteiger partial charge in [-0.2, -0.15) is 0 Å². The summed E-state index contributed by atoms with van der Waals surface area (Å²) in [5.41, 5.74) is -6.71. The molecule has 0 heterocycles. The summed E-state index contributed by atoms with van der Waals surface area (Å²) in [6, 6.07) is 8.17. The van der Waals surface area contributed by atoms with E-state index in [0.29, 0.717) is 0 Å². The van der Waals surface area contributed by atoms with Crippen LogP contribution < -0.4 is 0 Å². The Morgan fingerprint density at radius 1 is 0.375 bits per heavy atom. The summed E-state index contributed by atoms with van der Waals surface area (Å²) >= 11 is 0. The Labute approximate surface area is 266 Å². The number of carbonyl (C=O) groups is 6. The second kappa shape index (κ2) is 15.4. The predicted molar refractivity (Wildman–Crippen MR) is 119 cm³/mol. The molecular formula is C24H14Cu4O12. The Kier molecular flexibility index (Phi) is 14.9. The zero-order valence-corrected chi connectivity index (χ0v) is 22.7. The summed E-state index contributed by atoms with van der Waals surface area (Å²) in [6.45, 7) is 0. The Morgan fingerprint density at radius 2 is 0.725 bits per heavy atom. The van der Waals surface area contributed by atoms with Crippen molar-refractivity contribution < 1.29 is 128 Å². The molecule has 226 valence electrons. The molecule has 0 fully saturated rings. The molecule has 0 saturated carbocycles. The maximum atomic E-state index is 12.3. The maximum Gasteiger partial charge on any atom is 0.337 e. The topological polar surface area (TPSA) is 224 Å². The first kappa shape index (κ1) is 38.7. The average Bonchev–Trinajstić information content (AvgIpc) is 2.81. The maximum absolute atomic E-state index is 12.3. The monoisotopic (exact) mass is 746 g/mol. The van der Waals surface area contributed by atoms with Crippen LogP contribution in [0.2, 0.25) is 0 Å².